The third-order valence-electron chi connectivity index (χ3n) is 6.11. The number of nitrogens with zero attached hydrogens (tertiary/aromatic N) is 1. The highest BCUT2D eigenvalue weighted by Crippen LogP contribution is 2.31. The molecule has 0 aliphatic carbocycles. The Labute approximate surface area is 194 Å². The van der Waals surface area contributed by atoms with Crippen LogP contribution in [0.2, 0.25) is 0 Å². The van der Waals surface area contributed by atoms with Crippen molar-refractivity contribution in [3.05, 3.63) is 57.8 Å². The molecule has 0 bridgehead atoms. The van der Waals surface area contributed by atoms with E-state index in [-0.39, 0.29) is 17.7 Å². The van der Waals surface area contributed by atoms with Gasteiger partial charge in [-0.25, -0.2) is 0 Å². The molecule has 1 unspecified atom stereocenters. The molecule has 0 N–H and O–H groups in total. The fraction of sp³-hybridized carbons (Fsp3) is 0.538. The monoisotopic (exact) mass is 487 g/mol. The van der Waals surface area contributed by atoms with E-state index < -0.39 is 0 Å². The van der Waals surface area contributed by atoms with Crippen LogP contribution in [-0.4, -0.2) is 22.9 Å². The van der Waals surface area contributed by atoms with Gasteiger partial charge in [-0.3, -0.25) is 9.59 Å². The molecule has 1 aliphatic heterocycles. The van der Waals surface area contributed by atoms with Crippen LogP contribution in [0.3, 0.4) is 0 Å². The third kappa shape index (κ3) is 6.55. The van der Waals surface area contributed by atoms with Crippen LogP contribution in [0.25, 0.3) is 0 Å². The Balaban J connectivity index is 1.59. The van der Waals surface area contributed by atoms with Crippen LogP contribution in [0.1, 0.15) is 98.8 Å². The van der Waals surface area contributed by atoms with Gasteiger partial charge in [0.1, 0.15) is 0 Å². The zero-order valence-corrected chi connectivity index (χ0v) is 20.2. The summed E-state index contributed by atoms with van der Waals surface area (Å²) in [4.78, 5) is 25.9. The second kappa shape index (κ2) is 12.2. The Hall–Kier alpha value is -1.88. The number of ketones is 1. The summed E-state index contributed by atoms with van der Waals surface area (Å²) >= 11 is 3.41. The number of esters is 1. The summed E-state index contributed by atoms with van der Waals surface area (Å²) in [6.07, 6.45) is 11.1. The van der Waals surface area contributed by atoms with Crippen molar-refractivity contribution in [3.8, 4) is 0 Å². The minimum atomic E-state index is -0.279. The van der Waals surface area contributed by atoms with E-state index in [1.54, 1.807) is 0 Å². The number of aromatic nitrogens is 1. The maximum Gasteiger partial charge on any atom is 0.314 e. The van der Waals surface area contributed by atoms with Gasteiger partial charge in [0.25, 0.3) is 0 Å². The third-order valence-corrected chi connectivity index (χ3v) is 6.64. The molecule has 1 aliphatic rings. The minimum absolute atomic E-state index is 0.00385. The largest absolute Gasteiger partial charge is 0.465 e. The SMILES string of the molecule is CCCCCCCCCOC(=O)C1CCCCn2c(C(=O)c3ccc(Br)cc3)ccc21. The lowest BCUT2D eigenvalue weighted by molar-refractivity contribution is -0.146. The minimum Gasteiger partial charge on any atom is -0.465 e. The summed E-state index contributed by atoms with van der Waals surface area (Å²) < 4.78 is 8.63. The molecule has 1 atom stereocenters. The van der Waals surface area contributed by atoms with Gasteiger partial charge < -0.3 is 9.30 Å². The molecule has 0 saturated carbocycles. The Morgan fingerprint density at radius 3 is 2.42 bits per heavy atom. The first kappa shape index (κ1) is 23.8. The van der Waals surface area contributed by atoms with Gasteiger partial charge in [-0.05, 0) is 55.7 Å². The molecule has 168 valence electrons. The van der Waals surface area contributed by atoms with E-state index in [0.717, 1.165) is 48.8 Å². The molecular weight excluding hydrogens is 454 g/mol. The molecule has 0 saturated heterocycles. The zero-order valence-electron chi connectivity index (χ0n) is 18.6. The predicted molar refractivity (Wildman–Crippen MR) is 128 cm³/mol. The Kier molecular flexibility index (Phi) is 9.38. The number of ether oxygens (including phenoxy) is 1. The first-order valence-electron chi connectivity index (χ1n) is 11.8. The number of hydrogen-bond acceptors (Lipinski definition) is 3. The average Bonchev–Trinajstić information content (AvgIpc) is 3.07. The number of carbonyl (C=O) groups is 2. The van der Waals surface area contributed by atoms with Gasteiger partial charge >= 0.3 is 5.97 Å². The van der Waals surface area contributed by atoms with Crippen LogP contribution in [-0.2, 0) is 16.1 Å². The van der Waals surface area contributed by atoms with Crippen molar-refractivity contribution in [2.24, 2.45) is 0 Å². The molecule has 1 aromatic heterocycles. The van der Waals surface area contributed by atoms with E-state index in [0.29, 0.717) is 17.9 Å². The molecule has 0 amide bonds. The van der Waals surface area contributed by atoms with Crippen molar-refractivity contribution in [2.45, 2.75) is 83.6 Å². The van der Waals surface area contributed by atoms with Crippen molar-refractivity contribution in [1.82, 2.24) is 4.57 Å². The second-order valence-electron chi connectivity index (χ2n) is 8.47. The highest BCUT2D eigenvalue weighted by Gasteiger charge is 2.29. The van der Waals surface area contributed by atoms with E-state index in [2.05, 4.69) is 22.9 Å². The first-order valence-corrected chi connectivity index (χ1v) is 12.6. The van der Waals surface area contributed by atoms with Crippen LogP contribution >= 0.6 is 15.9 Å². The van der Waals surface area contributed by atoms with Crippen LogP contribution < -0.4 is 0 Å². The predicted octanol–water partition coefficient (Wildman–Crippen LogP) is 7.04. The molecule has 0 radical (unpaired) electrons. The van der Waals surface area contributed by atoms with Gasteiger partial charge in [-0.2, -0.15) is 0 Å². The van der Waals surface area contributed by atoms with Gasteiger partial charge in [-0.1, -0.05) is 67.8 Å². The average molecular weight is 488 g/mol. The van der Waals surface area contributed by atoms with Gasteiger partial charge in [0.2, 0.25) is 5.78 Å². The van der Waals surface area contributed by atoms with Crippen molar-refractivity contribution < 1.29 is 14.3 Å². The lowest BCUT2D eigenvalue weighted by Crippen LogP contribution is -2.19. The Morgan fingerprint density at radius 1 is 0.968 bits per heavy atom. The number of halogens is 1. The summed E-state index contributed by atoms with van der Waals surface area (Å²) in [7, 11) is 0. The van der Waals surface area contributed by atoms with E-state index in [9.17, 15) is 9.59 Å². The van der Waals surface area contributed by atoms with Crippen LogP contribution in [0, 0.1) is 0 Å². The number of fused-ring (bicyclic) bond motifs is 1. The summed E-state index contributed by atoms with van der Waals surface area (Å²) in [6.45, 7) is 3.49. The van der Waals surface area contributed by atoms with Crippen LogP contribution in [0.4, 0.5) is 0 Å². The molecule has 0 spiro atoms. The van der Waals surface area contributed by atoms with Crippen molar-refractivity contribution in [1.29, 1.82) is 0 Å². The van der Waals surface area contributed by atoms with Crippen LogP contribution in [0.15, 0.2) is 40.9 Å². The number of rotatable bonds is 11. The molecule has 31 heavy (non-hydrogen) atoms. The standard InChI is InChI=1S/C26H34BrNO3/c1-2-3-4-5-6-7-10-19-31-26(30)22-11-8-9-18-28-23(22)16-17-24(28)25(29)20-12-14-21(27)15-13-20/h12-17,22H,2-11,18-19H2,1H3. The van der Waals surface area contributed by atoms with E-state index in [1.807, 2.05) is 41.0 Å². The summed E-state index contributed by atoms with van der Waals surface area (Å²) in [5.74, 6) is -0.427. The van der Waals surface area contributed by atoms with Gasteiger partial charge in [0.15, 0.2) is 0 Å². The van der Waals surface area contributed by atoms with E-state index >= 15 is 0 Å². The zero-order chi connectivity index (χ0) is 22.1. The molecular formula is C26H34BrNO3. The molecule has 4 nitrogen and oxygen atoms in total. The topological polar surface area (TPSA) is 48.3 Å². The van der Waals surface area contributed by atoms with Gasteiger partial charge in [-0.15, -0.1) is 0 Å². The lowest BCUT2D eigenvalue weighted by atomic mass is 10.00. The molecule has 3 rings (SSSR count). The second-order valence-corrected chi connectivity index (χ2v) is 9.38. The summed E-state index contributed by atoms with van der Waals surface area (Å²) in [6, 6.07) is 11.2. The first-order chi connectivity index (χ1) is 15.1. The van der Waals surface area contributed by atoms with Crippen molar-refractivity contribution in [3.63, 3.8) is 0 Å². The Bertz CT molecular complexity index is 856. The maximum absolute atomic E-state index is 13.1. The van der Waals surface area contributed by atoms with Crippen molar-refractivity contribution in [2.75, 3.05) is 6.61 Å². The Morgan fingerprint density at radius 2 is 1.68 bits per heavy atom. The van der Waals surface area contributed by atoms with E-state index in [4.69, 9.17) is 4.74 Å². The summed E-state index contributed by atoms with van der Waals surface area (Å²) in [5.41, 5.74) is 2.23. The fourth-order valence-corrected chi connectivity index (χ4v) is 4.59. The molecule has 0 fully saturated rings. The smallest absolute Gasteiger partial charge is 0.314 e. The lowest BCUT2D eigenvalue weighted by Gasteiger charge is -2.16. The van der Waals surface area contributed by atoms with Crippen LogP contribution in [0.5, 0.6) is 0 Å². The summed E-state index contributed by atoms with van der Waals surface area (Å²) in [5, 5.41) is 0. The number of unbranched alkanes of at least 4 members (excludes halogenated alkanes) is 6. The number of carbonyl (C=O) groups excluding carboxylic acids is 2. The maximum atomic E-state index is 13.1. The number of benzene rings is 1. The highest BCUT2D eigenvalue weighted by atomic mass is 79.9. The fourth-order valence-electron chi connectivity index (χ4n) is 4.32. The number of hydrogen-bond donors (Lipinski definition) is 0. The highest BCUT2D eigenvalue weighted by molar-refractivity contribution is 9.10. The molecule has 1 aromatic carbocycles. The quantitative estimate of drug-likeness (QED) is 0.194. The molecule has 2 aromatic rings. The molecule has 5 heteroatoms. The normalized spacial score (nSPS) is 15.9. The van der Waals surface area contributed by atoms with Gasteiger partial charge in [0, 0.05) is 22.3 Å². The van der Waals surface area contributed by atoms with E-state index in [1.165, 1.54) is 32.1 Å². The van der Waals surface area contributed by atoms with Crippen molar-refractivity contribution >= 4 is 27.7 Å². The molecule has 2 heterocycles. The van der Waals surface area contributed by atoms with Gasteiger partial charge in [0.05, 0.1) is 18.2 Å².